The van der Waals surface area contributed by atoms with Gasteiger partial charge in [0.2, 0.25) is 0 Å². The van der Waals surface area contributed by atoms with Crippen molar-refractivity contribution >= 4 is 32.3 Å². The number of rotatable bonds is 1. The van der Waals surface area contributed by atoms with Gasteiger partial charge in [0, 0.05) is 21.0 Å². The van der Waals surface area contributed by atoms with Crippen molar-refractivity contribution in [2.24, 2.45) is 0 Å². The van der Waals surface area contributed by atoms with Crippen LogP contribution in [-0.2, 0) is 0 Å². The van der Waals surface area contributed by atoms with Crippen LogP contribution in [-0.4, -0.2) is 12.1 Å². The Morgan fingerprint density at radius 2 is 2.00 bits per heavy atom. The second-order valence-electron chi connectivity index (χ2n) is 4.61. The van der Waals surface area contributed by atoms with Crippen molar-refractivity contribution < 1.29 is 9.13 Å². The average Bonchev–Trinajstić information content (AvgIpc) is 2.81. The van der Waals surface area contributed by atoms with Crippen LogP contribution in [0, 0.1) is 5.82 Å². The molecule has 0 saturated carbocycles. The summed E-state index contributed by atoms with van der Waals surface area (Å²) in [6.07, 6.45) is 0. The maximum atomic E-state index is 13.5. The van der Waals surface area contributed by atoms with E-state index in [0.29, 0.717) is 0 Å². The van der Waals surface area contributed by atoms with Crippen LogP contribution >= 0.6 is 11.3 Å². The van der Waals surface area contributed by atoms with Crippen molar-refractivity contribution in [1.29, 1.82) is 0 Å². The van der Waals surface area contributed by atoms with Crippen molar-refractivity contribution in [2.45, 2.75) is 0 Å². The molecule has 4 heteroatoms. The zero-order valence-electron chi connectivity index (χ0n) is 10.7. The van der Waals surface area contributed by atoms with Gasteiger partial charge in [-0.15, -0.1) is 11.3 Å². The van der Waals surface area contributed by atoms with Crippen molar-refractivity contribution in [3.63, 3.8) is 0 Å². The summed E-state index contributed by atoms with van der Waals surface area (Å²) in [7, 11) is 1.66. The normalized spacial score (nSPS) is 11.5. The van der Waals surface area contributed by atoms with Gasteiger partial charge >= 0.3 is 0 Å². The third-order valence-electron chi connectivity index (χ3n) is 3.44. The molecular formula is C16H10FNOS. The summed E-state index contributed by atoms with van der Waals surface area (Å²) < 4.78 is 20.0. The van der Waals surface area contributed by atoms with E-state index in [-0.39, 0.29) is 5.82 Å². The van der Waals surface area contributed by atoms with Crippen LogP contribution in [0.4, 0.5) is 4.39 Å². The fourth-order valence-electron chi connectivity index (χ4n) is 2.51. The van der Waals surface area contributed by atoms with Gasteiger partial charge < -0.3 is 4.74 Å². The van der Waals surface area contributed by atoms with E-state index in [1.807, 2.05) is 24.3 Å². The lowest BCUT2D eigenvalue weighted by Gasteiger charge is -2.06. The van der Waals surface area contributed by atoms with Crippen molar-refractivity contribution in [2.75, 3.05) is 7.11 Å². The van der Waals surface area contributed by atoms with Gasteiger partial charge in [-0.25, -0.2) is 9.37 Å². The second-order valence-corrected chi connectivity index (χ2v) is 5.64. The van der Waals surface area contributed by atoms with E-state index in [1.54, 1.807) is 30.6 Å². The smallest absolute Gasteiger partial charge is 0.127 e. The number of fused-ring (bicyclic) bond motifs is 4. The molecule has 4 rings (SSSR count). The fraction of sp³-hybridized carbons (Fsp3) is 0.0625. The average molecular weight is 283 g/mol. The molecule has 2 aromatic rings. The molecule has 0 bridgehead atoms. The number of ether oxygens (including phenoxy) is 1. The molecule has 0 atom stereocenters. The van der Waals surface area contributed by atoms with Crippen LogP contribution in [0.1, 0.15) is 0 Å². The molecule has 0 aromatic heterocycles. The standard InChI is InChI=1S/C16H10FNOS/c1-19-14-3-2-4-15-12(14)8-11-10-7-9(17)5-6-13(10)18-16(11)20-15/h2-8H,1H3. The number of hydrogen-bond donors (Lipinski definition) is 0. The summed E-state index contributed by atoms with van der Waals surface area (Å²) in [6.45, 7) is 0. The largest absolute Gasteiger partial charge is 0.496 e. The Balaban J connectivity index is 2.18. The van der Waals surface area contributed by atoms with Crippen LogP contribution < -0.4 is 4.74 Å². The first-order chi connectivity index (χ1) is 9.76. The molecule has 2 heterocycles. The van der Waals surface area contributed by atoms with Gasteiger partial charge in [0.05, 0.1) is 12.6 Å². The highest BCUT2D eigenvalue weighted by atomic mass is 32.1. The first-order valence-corrected chi connectivity index (χ1v) is 7.03. The Morgan fingerprint density at radius 1 is 1.10 bits per heavy atom. The van der Waals surface area contributed by atoms with Gasteiger partial charge in [-0.05, 0) is 36.4 Å². The highest BCUT2D eigenvalue weighted by Crippen LogP contribution is 2.40. The first-order valence-electron chi connectivity index (χ1n) is 6.22. The molecule has 0 fully saturated rings. The minimum atomic E-state index is -0.239. The number of methoxy groups -OCH3 is 1. The first kappa shape index (κ1) is 11.6. The zero-order valence-corrected chi connectivity index (χ0v) is 11.5. The van der Waals surface area contributed by atoms with Gasteiger partial charge in [0.1, 0.15) is 16.6 Å². The maximum Gasteiger partial charge on any atom is 0.127 e. The molecule has 20 heavy (non-hydrogen) atoms. The molecule has 0 aliphatic carbocycles. The molecule has 2 aliphatic rings. The summed E-state index contributed by atoms with van der Waals surface area (Å²) >= 11 is 1.60. The van der Waals surface area contributed by atoms with Crippen molar-refractivity contribution in [3.05, 3.63) is 48.3 Å². The van der Waals surface area contributed by atoms with Gasteiger partial charge in [0.15, 0.2) is 0 Å². The second kappa shape index (κ2) is 4.15. The Kier molecular flexibility index (Phi) is 2.41. The molecule has 2 nitrogen and oxygen atoms in total. The molecule has 0 spiro atoms. The topological polar surface area (TPSA) is 22.1 Å². The third kappa shape index (κ3) is 1.58. The Bertz CT molecular complexity index is 915. The molecule has 2 aromatic carbocycles. The molecule has 2 aliphatic heterocycles. The van der Waals surface area contributed by atoms with E-state index in [0.717, 1.165) is 37.3 Å². The Hall–Kier alpha value is -2.20. The summed E-state index contributed by atoms with van der Waals surface area (Å²) in [6, 6.07) is 12.7. The fourth-order valence-corrected chi connectivity index (χ4v) is 3.55. The van der Waals surface area contributed by atoms with Gasteiger partial charge in [-0.2, -0.15) is 0 Å². The summed E-state index contributed by atoms with van der Waals surface area (Å²) in [5.41, 5.74) is 1.80. The van der Waals surface area contributed by atoms with E-state index in [4.69, 9.17) is 4.74 Å². The van der Waals surface area contributed by atoms with Crippen LogP contribution in [0.3, 0.4) is 0 Å². The van der Waals surface area contributed by atoms with Crippen LogP contribution in [0.15, 0.2) is 42.5 Å². The van der Waals surface area contributed by atoms with Gasteiger partial charge in [-0.1, -0.05) is 6.07 Å². The van der Waals surface area contributed by atoms with Crippen LogP contribution in [0.2, 0.25) is 0 Å². The number of benzene rings is 2. The molecule has 0 amide bonds. The predicted octanol–water partition coefficient (Wildman–Crippen LogP) is 4.70. The number of aromatic nitrogens is 1. The van der Waals surface area contributed by atoms with Crippen molar-refractivity contribution in [3.8, 4) is 16.3 Å². The lowest BCUT2D eigenvalue weighted by atomic mass is 10.1. The van der Waals surface area contributed by atoms with Crippen LogP contribution in [0.25, 0.3) is 31.6 Å². The maximum absolute atomic E-state index is 13.5. The van der Waals surface area contributed by atoms with Gasteiger partial charge in [0.25, 0.3) is 0 Å². The Morgan fingerprint density at radius 3 is 2.85 bits per heavy atom. The highest BCUT2D eigenvalue weighted by molar-refractivity contribution is 7.21. The number of hydrogen-bond acceptors (Lipinski definition) is 3. The van der Waals surface area contributed by atoms with Crippen molar-refractivity contribution in [1.82, 2.24) is 4.98 Å². The summed E-state index contributed by atoms with van der Waals surface area (Å²) in [4.78, 5) is 4.57. The molecular weight excluding hydrogens is 273 g/mol. The lowest BCUT2D eigenvalue weighted by molar-refractivity contribution is 0.420. The molecule has 0 N–H and O–H groups in total. The monoisotopic (exact) mass is 283 g/mol. The molecule has 0 saturated heterocycles. The van der Waals surface area contributed by atoms with E-state index in [2.05, 4.69) is 4.98 Å². The number of halogens is 1. The summed E-state index contributed by atoms with van der Waals surface area (Å²) in [5.74, 6) is 0.586. The molecule has 98 valence electrons. The predicted molar refractivity (Wildman–Crippen MR) is 80.3 cm³/mol. The quantitative estimate of drug-likeness (QED) is 0.505. The minimum Gasteiger partial charge on any atom is -0.496 e. The van der Waals surface area contributed by atoms with E-state index in [9.17, 15) is 4.39 Å². The van der Waals surface area contributed by atoms with E-state index >= 15 is 0 Å². The van der Waals surface area contributed by atoms with Crippen LogP contribution in [0.5, 0.6) is 5.75 Å². The van der Waals surface area contributed by atoms with Gasteiger partial charge in [-0.3, -0.25) is 0 Å². The minimum absolute atomic E-state index is 0.239. The van der Waals surface area contributed by atoms with E-state index in [1.165, 1.54) is 6.07 Å². The molecule has 0 radical (unpaired) electrons. The summed E-state index contributed by atoms with van der Waals surface area (Å²) in [5, 5.41) is 2.81. The SMILES string of the molecule is COc1cccc2sc3nc4ccc(F)cc4c-3cc12. The van der Waals surface area contributed by atoms with E-state index < -0.39 is 0 Å². The third-order valence-corrected chi connectivity index (χ3v) is 4.52. The number of nitrogens with zero attached hydrogens (tertiary/aromatic N) is 1. The zero-order chi connectivity index (χ0) is 13.7. The highest BCUT2D eigenvalue weighted by Gasteiger charge is 2.15. The molecule has 0 unspecified atom stereocenters. The lowest BCUT2D eigenvalue weighted by Crippen LogP contribution is -1.84. The Labute approximate surface area is 118 Å².